The second-order valence-corrected chi connectivity index (χ2v) is 6.72. The minimum absolute atomic E-state index is 0.143. The van der Waals surface area contributed by atoms with Gasteiger partial charge in [0.1, 0.15) is 16.9 Å². The van der Waals surface area contributed by atoms with E-state index in [1.807, 2.05) is 30.3 Å². The Morgan fingerprint density at radius 3 is 2.37 bits per heavy atom. The minimum atomic E-state index is -0.752. The van der Waals surface area contributed by atoms with E-state index in [9.17, 15) is 9.90 Å². The molecular weight excluding hydrogens is 344 g/mol. The average molecular weight is 364 g/mol. The Hall–Kier alpha value is -3.12. The van der Waals surface area contributed by atoms with Crippen LogP contribution in [-0.4, -0.2) is 35.4 Å². The molecule has 0 radical (unpaired) electrons. The normalized spacial score (nSPS) is 14.7. The summed E-state index contributed by atoms with van der Waals surface area (Å²) in [5.41, 5.74) is 2.44. The van der Waals surface area contributed by atoms with Crippen LogP contribution in [0.2, 0.25) is 0 Å². The number of carbonyl (C=O) groups is 1. The highest BCUT2D eigenvalue weighted by atomic mass is 16.7. The smallest absolute Gasteiger partial charge is 0.259 e. The zero-order valence-corrected chi connectivity index (χ0v) is 15.2. The first-order valence-electron chi connectivity index (χ1n) is 8.74. The lowest BCUT2D eigenvalue weighted by Gasteiger charge is -2.20. The number of phenolic OH excluding ortho intramolecular Hbond substituents is 1. The van der Waals surface area contributed by atoms with Gasteiger partial charge in [0.2, 0.25) is 0 Å². The van der Waals surface area contributed by atoms with Gasteiger partial charge in [-0.15, -0.1) is 0 Å². The van der Waals surface area contributed by atoms with Crippen LogP contribution in [0.5, 0.6) is 5.75 Å². The van der Waals surface area contributed by atoms with Gasteiger partial charge in [-0.05, 0) is 42.7 Å². The molecule has 6 nitrogen and oxygen atoms in total. The Bertz CT molecular complexity index is 960. The van der Waals surface area contributed by atoms with Crippen LogP contribution in [0.3, 0.4) is 0 Å². The number of benzene rings is 2. The summed E-state index contributed by atoms with van der Waals surface area (Å²) in [5.74, 6) is 0.598. The van der Waals surface area contributed by atoms with E-state index < -0.39 is 5.41 Å². The molecule has 1 amide bonds. The van der Waals surface area contributed by atoms with Crippen LogP contribution in [-0.2, 0) is 15.0 Å². The Kier molecular flexibility index (Phi) is 4.20. The van der Waals surface area contributed by atoms with Crippen molar-refractivity contribution in [2.75, 3.05) is 14.2 Å². The summed E-state index contributed by atoms with van der Waals surface area (Å²) in [4.78, 5) is 18.0. The lowest BCUT2D eigenvalue weighted by atomic mass is 9.91. The third kappa shape index (κ3) is 2.88. The van der Waals surface area contributed by atoms with Crippen LogP contribution in [0.4, 0.5) is 0 Å². The van der Waals surface area contributed by atoms with Gasteiger partial charge in [-0.1, -0.05) is 35.5 Å². The molecule has 1 fully saturated rings. The van der Waals surface area contributed by atoms with E-state index in [0.717, 1.165) is 16.7 Å². The number of hydrogen-bond acceptors (Lipinski definition) is 5. The molecule has 0 bridgehead atoms. The summed E-state index contributed by atoms with van der Waals surface area (Å²) < 4.78 is 5.76. The molecule has 1 aromatic heterocycles. The van der Waals surface area contributed by atoms with Gasteiger partial charge < -0.3 is 9.63 Å². The van der Waals surface area contributed by atoms with E-state index in [2.05, 4.69) is 5.16 Å². The van der Waals surface area contributed by atoms with Crippen LogP contribution in [0.15, 0.2) is 59.1 Å². The zero-order chi connectivity index (χ0) is 19.0. The largest absolute Gasteiger partial charge is 0.508 e. The van der Waals surface area contributed by atoms with Crippen LogP contribution in [0.1, 0.15) is 18.6 Å². The molecule has 1 aliphatic carbocycles. The molecule has 6 heteroatoms. The number of likely N-dealkylation sites (N-methyl/N-ethyl adjacent to an activating group) is 1. The lowest BCUT2D eigenvalue weighted by molar-refractivity contribution is -0.172. The van der Waals surface area contributed by atoms with Crippen molar-refractivity contribution < 1.29 is 19.3 Å². The first-order chi connectivity index (χ1) is 13.1. The fraction of sp³-hybridized carbons (Fsp3) is 0.238. The summed E-state index contributed by atoms with van der Waals surface area (Å²) >= 11 is 0. The number of carbonyl (C=O) groups excluding carboxylic acids is 1. The molecule has 0 aliphatic heterocycles. The fourth-order valence-corrected chi connectivity index (χ4v) is 3.35. The van der Waals surface area contributed by atoms with E-state index in [0.29, 0.717) is 24.3 Å². The summed E-state index contributed by atoms with van der Waals surface area (Å²) in [7, 11) is 3.07. The van der Waals surface area contributed by atoms with Crippen molar-refractivity contribution in [3.05, 3.63) is 60.4 Å². The quantitative estimate of drug-likeness (QED) is 0.698. The molecule has 0 saturated heterocycles. The van der Waals surface area contributed by atoms with Crippen molar-refractivity contribution in [2.45, 2.75) is 18.3 Å². The Balaban J connectivity index is 1.89. The summed E-state index contributed by atoms with van der Waals surface area (Å²) in [5, 5.41) is 15.1. The predicted octanol–water partition coefficient (Wildman–Crippen LogP) is 3.77. The first-order valence-corrected chi connectivity index (χ1v) is 8.74. The Labute approximate surface area is 156 Å². The second kappa shape index (κ2) is 6.55. The van der Waals surface area contributed by atoms with Gasteiger partial charge >= 0.3 is 0 Å². The number of hydrogen-bond donors (Lipinski definition) is 1. The summed E-state index contributed by atoms with van der Waals surface area (Å²) in [6, 6.07) is 16.5. The van der Waals surface area contributed by atoms with Crippen LogP contribution in [0.25, 0.3) is 22.4 Å². The number of aromatic hydroxyl groups is 1. The number of aromatic nitrogens is 1. The fourth-order valence-electron chi connectivity index (χ4n) is 3.35. The molecule has 4 rings (SSSR count). The third-order valence-electron chi connectivity index (χ3n) is 5.05. The minimum Gasteiger partial charge on any atom is -0.508 e. The highest BCUT2D eigenvalue weighted by Crippen LogP contribution is 2.54. The van der Waals surface area contributed by atoms with Crippen LogP contribution in [0, 0.1) is 0 Å². The molecule has 3 aromatic rings. The average Bonchev–Trinajstić information content (AvgIpc) is 3.40. The van der Waals surface area contributed by atoms with E-state index in [-0.39, 0.29) is 11.7 Å². The van der Waals surface area contributed by atoms with Crippen LogP contribution < -0.4 is 0 Å². The maximum Gasteiger partial charge on any atom is 0.259 e. The van der Waals surface area contributed by atoms with Gasteiger partial charge in [0.05, 0.1) is 12.7 Å². The van der Waals surface area contributed by atoms with Crippen molar-refractivity contribution in [3.63, 3.8) is 0 Å². The first kappa shape index (κ1) is 17.3. The molecular formula is C21H20N2O4. The van der Waals surface area contributed by atoms with Gasteiger partial charge in [0.15, 0.2) is 5.76 Å². The van der Waals surface area contributed by atoms with E-state index in [4.69, 9.17) is 9.36 Å². The molecule has 0 unspecified atom stereocenters. The third-order valence-corrected chi connectivity index (χ3v) is 5.05. The van der Waals surface area contributed by atoms with Crippen LogP contribution >= 0.6 is 0 Å². The predicted molar refractivity (Wildman–Crippen MR) is 99.7 cm³/mol. The van der Waals surface area contributed by atoms with Crippen molar-refractivity contribution in [2.24, 2.45) is 0 Å². The van der Waals surface area contributed by atoms with E-state index in [1.54, 1.807) is 31.3 Å². The molecule has 1 aliphatic rings. The zero-order valence-electron chi connectivity index (χ0n) is 15.2. The lowest BCUT2D eigenvalue weighted by Crippen LogP contribution is -2.35. The summed E-state index contributed by atoms with van der Waals surface area (Å²) in [6.45, 7) is 0. The molecule has 1 heterocycles. The molecule has 0 atom stereocenters. The Morgan fingerprint density at radius 2 is 1.78 bits per heavy atom. The van der Waals surface area contributed by atoms with Gasteiger partial charge in [0.25, 0.3) is 5.91 Å². The van der Waals surface area contributed by atoms with Gasteiger partial charge in [0, 0.05) is 12.6 Å². The highest BCUT2D eigenvalue weighted by Gasteiger charge is 2.57. The van der Waals surface area contributed by atoms with Crippen molar-refractivity contribution >= 4 is 5.91 Å². The number of amides is 1. The molecule has 138 valence electrons. The molecule has 2 aromatic carbocycles. The number of rotatable bonds is 5. The molecule has 1 N–H and O–H groups in total. The highest BCUT2D eigenvalue weighted by molar-refractivity contribution is 5.94. The van der Waals surface area contributed by atoms with Crippen molar-refractivity contribution in [3.8, 4) is 28.1 Å². The molecule has 0 spiro atoms. The van der Waals surface area contributed by atoms with Gasteiger partial charge in [-0.2, -0.15) is 0 Å². The SMILES string of the molecule is CON(C)C(=O)C1(c2onc(-c3ccc(O)cc3)c2-c2ccccc2)CC1. The van der Waals surface area contributed by atoms with Gasteiger partial charge in [-0.25, -0.2) is 5.06 Å². The van der Waals surface area contributed by atoms with Gasteiger partial charge in [-0.3, -0.25) is 9.63 Å². The summed E-state index contributed by atoms with van der Waals surface area (Å²) in [6.07, 6.45) is 1.37. The Morgan fingerprint density at radius 1 is 1.11 bits per heavy atom. The van der Waals surface area contributed by atoms with Crippen molar-refractivity contribution in [1.29, 1.82) is 0 Å². The monoisotopic (exact) mass is 364 g/mol. The maximum absolute atomic E-state index is 12.9. The molecule has 1 saturated carbocycles. The number of hydroxylamine groups is 2. The van der Waals surface area contributed by atoms with E-state index in [1.165, 1.54) is 12.2 Å². The topological polar surface area (TPSA) is 75.8 Å². The number of nitrogens with zero attached hydrogens (tertiary/aromatic N) is 2. The maximum atomic E-state index is 12.9. The van der Waals surface area contributed by atoms with Crippen molar-refractivity contribution in [1.82, 2.24) is 10.2 Å². The second-order valence-electron chi connectivity index (χ2n) is 6.72. The standard InChI is InChI=1S/C21H20N2O4/c1-23(26-2)20(25)21(12-13-21)19-17(14-6-4-3-5-7-14)18(22-27-19)15-8-10-16(24)11-9-15/h3-11,24H,12-13H2,1-2H3. The van der Waals surface area contributed by atoms with E-state index >= 15 is 0 Å². The number of phenols is 1. The molecule has 27 heavy (non-hydrogen) atoms.